The maximum atomic E-state index is 13.9. The van der Waals surface area contributed by atoms with Gasteiger partial charge in [-0.2, -0.15) is 18.2 Å². The third kappa shape index (κ3) is 3.62. The molecule has 0 saturated carbocycles. The fourth-order valence-electron chi connectivity index (χ4n) is 4.95. The number of halogens is 3. The van der Waals surface area contributed by atoms with E-state index in [-0.39, 0.29) is 30.4 Å². The molecule has 176 valence electrons. The number of carbonyl (C=O) groups is 1. The number of carbonyl (C=O) groups excluding carboxylic acids is 1. The molecular formula is C20H26F3N5O4. The topological polar surface area (TPSA) is 80.1 Å². The van der Waals surface area contributed by atoms with Crippen LogP contribution in [0, 0.1) is 5.41 Å². The molecule has 5 rings (SSSR count). The van der Waals surface area contributed by atoms with Crippen LogP contribution < -0.4 is 15.4 Å². The highest BCUT2D eigenvalue weighted by Gasteiger charge is 2.52. The Hall–Kier alpha value is -2.34. The highest BCUT2D eigenvalue weighted by Crippen LogP contribution is 2.39. The second-order valence-electron chi connectivity index (χ2n) is 9.24. The van der Waals surface area contributed by atoms with Crippen molar-refractivity contribution >= 4 is 17.7 Å². The maximum absolute atomic E-state index is 13.9. The Bertz CT molecular complexity index is 956. The molecule has 0 unspecified atom stereocenters. The Morgan fingerprint density at radius 2 is 2.00 bits per heavy atom. The number of aromatic nitrogens is 2. The molecule has 1 amide bonds. The molecule has 3 fully saturated rings. The Kier molecular flexibility index (Phi) is 5.12. The van der Waals surface area contributed by atoms with E-state index in [1.54, 1.807) is 4.90 Å². The molecule has 4 aliphatic heterocycles. The Labute approximate surface area is 182 Å². The van der Waals surface area contributed by atoms with E-state index in [2.05, 4.69) is 4.98 Å². The first-order valence-electron chi connectivity index (χ1n) is 10.8. The Morgan fingerprint density at radius 3 is 2.62 bits per heavy atom. The van der Waals surface area contributed by atoms with E-state index in [0.29, 0.717) is 51.9 Å². The first-order valence-corrected chi connectivity index (χ1v) is 10.8. The second-order valence-corrected chi connectivity index (χ2v) is 9.24. The SMILES string of the molecule is C[C@@H]1COCCN1c1cc(=O)n2c(n1)N(CC(=O)N1CC3(COC3)C1)[C@H](C(F)(F)F)CC2. The van der Waals surface area contributed by atoms with E-state index >= 15 is 0 Å². The van der Waals surface area contributed by atoms with Gasteiger partial charge in [0.1, 0.15) is 18.4 Å². The van der Waals surface area contributed by atoms with Gasteiger partial charge in [0.05, 0.1) is 37.9 Å². The molecule has 5 heterocycles. The molecule has 9 nitrogen and oxygen atoms in total. The minimum atomic E-state index is -4.55. The zero-order valence-electron chi connectivity index (χ0n) is 17.8. The molecule has 1 aromatic heterocycles. The lowest BCUT2D eigenvalue weighted by Crippen LogP contribution is -2.68. The molecule has 4 aliphatic rings. The van der Waals surface area contributed by atoms with E-state index < -0.39 is 30.2 Å². The molecule has 12 heteroatoms. The average Bonchev–Trinajstić information content (AvgIpc) is 2.65. The Morgan fingerprint density at radius 1 is 1.25 bits per heavy atom. The average molecular weight is 457 g/mol. The van der Waals surface area contributed by atoms with Crippen molar-refractivity contribution in [3.63, 3.8) is 0 Å². The molecule has 3 saturated heterocycles. The predicted molar refractivity (Wildman–Crippen MR) is 108 cm³/mol. The van der Waals surface area contributed by atoms with Crippen LogP contribution in [0.15, 0.2) is 10.9 Å². The molecule has 1 spiro atoms. The minimum Gasteiger partial charge on any atom is -0.380 e. The van der Waals surface area contributed by atoms with Gasteiger partial charge < -0.3 is 24.2 Å². The van der Waals surface area contributed by atoms with Crippen LogP contribution in [0.3, 0.4) is 0 Å². The molecule has 0 aliphatic carbocycles. The van der Waals surface area contributed by atoms with Crippen LogP contribution in [0.1, 0.15) is 13.3 Å². The third-order valence-corrected chi connectivity index (χ3v) is 6.80. The predicted octanol–water partition coefficient (Wildman–Crippen LogP) is 0.468. The van der Waals surface area contributed by atoms with Gasteiger partial charge in [-0.15, -0.1) is 0 Å². The van der Waals surface area contributed by atoms with Gasteiger partial charge in [0, 0.05) is 32.2 Å². The van der Waals surface area contributed by atoms with Crippen molar-refractivity contribution in [3.05, 3.63) is 16.4 Å². The van der Waals surface area contributed by atoms with Gasteiger partial charge >= 0.3 is 6.18 Å². The summed E-state index contributed by atoms with van der Waals surface area (Å²) in [4.78, 5) is 34.5. The van der Waals surface area contributed by atoms with Crippen LogP contribution in [0.5, 0.6) is 0 Å². The zero-order chi connectivity index (χ0) is 22.7. The smallest absolute Gasteiger partial charge is 0.380 e. The van der Waals surface area contributed by atoms with Crippen molar-refractivity contribution in [2.45, 2.75) is 38.1 Å². The number of morpholine rings is 1. The lowest BCUT2D eigenvalue weighted by molar-refractivity contribution is -0.194. The van der Waals surface area contributed by atoms with Crippen LogP contribution >= 0.6 is 0 Å². The number of amides is 1. The first kappa shape index (κ1) is 21.5. The van der Waals surface area contributed by atoms with Crippen molar-refractivity contribution < 1.29 is 27.4 Å². The first-order chi connectivity index (χ1) is 15.2. The van der Waals surface area contributed by atoms with Crippen molar-refractivity contribution in [1.82, 2.24) is 14.5 Å². The van der Waals surface area contributed by atoms with Crippen molar-refractivity contribution in [2.75, 3.05) is 62.4 Å². The third-order valence-electron chi connectivity index (χ3n) is 6.80. The fourth-order valence-corrected chi connectivity index (χ4v) is 4.95. The zero-order valence-corrected chi connectivity index (χ0v) is 17.8. The number of fused-ring (bicyclic) bond motifs is 1. The van der Waals surface area contributed by atoms with E-state index in [4.69, 9.17) is 9.47 Å². The van der Waals surface area contributed by atoms with Crippen LogP contribution in [-0.2, 0) is 20.8 Å². The van der Waals surface area contributed by atoms with E-state index in [0.717, 1.165) is 4.90 Å². The number of hydrogen-bond acceptors (Lipinski definition) is 7. The van der Waals surface area contributed by atoms with Gasteiger partial charge in [-0.1, -0.05) is 0 Å². The summed E-state index contributed by atoms with van der Waals surface area (Å²) in [6.07, 6.45) is -4.86. The number of nitrogens with zero attached hydrogens (tertiary/aromatic N) is 5. The number of hydrogen-bond donors (Lipinski definition) is 0. The lowest BCUT2D eigenvalue weighted by atomic mass is 9.78. The molecular weight excluding hydrogens is 431 g/mol. The van der Waals surface area contributed by atoms with Gasteiger partial charge in [-0.25, -0.2) is 0 Å². The molecule has 0 N–H and O–H groups in total. The van der Waals surface area contributed by atoms with Gasteiger partial charge in [0.25, 0.3) is 5.56 Å². The number of ether oxygens (including phenoxy) is 2. The summed E-state index contributed by atoms with van der Waals surface area (Å²) in [7, 11) is 0. The van der Waals surface area contributed by atoms with Gasteiger partial charge in [-0.05, 0) is 13.3 Å². The summed E-state index contributed by atoms with van der Waals surface area (Å²) >= 11 is 0. The number of rotatable bonds is 3. The lowest BCUT2D eigenvalue weighted by Gasteiger charge is -2.55. The summed E-state index contributed by atoms with van der Waals surface area (Å²) < 4.78 is 53.6. The van der Waals surface area contributed by atoms with Crippen LogP contribution in [0.2, 0.25) is 0 Å². The van der Waals surface area contributed by atoms with E-state index in [9.17, 15) is 22.8 Å². The summed E-state index contributed by atoms with van der Waals surface area (Å²) in [5.41, 5.74) is -0.454. The van der Waals surface area contributed by atoms with E-state index in [1.165, 1.54) is 10.6 Å². The molecule has 0 radical (unpaired) electrons. The molecule has 0 aromatic carbocycles. The normalized spacial score (nSPS) is 27.1. The second kappa shape index (κ2) is 7.62. The highest BCUT2D eigenvalue weighted by molar-refractivity contribution is 5.82. The standard InChI is InChI=1S/C20H26F3N5O4/c1-13-8-31-5-4-26(13)15-6-16(29)27-3-2-14(20(21,22)23)28(18(27)24-15)7-17(30)25-9-19(10-25)11-32-12-19/h6,13-14H,2-5,7-12H2,1H3/t13-,14+/m1/s1. The van der Waals surface area contributed by atoms with Crippen LogP contribution in [0.4, 0.5) is 24.9 Å². The molecule has 1 aromatic rings. The maximum Gasteiger partial charge on any atom is 0.408 e. The number of alkyl halides is 3. The van der Waals surface area contributed by atoms with Gasteiger partial charge in [0.15, 0.2) is 0 Å². The van der Waals surface area contributed by atoms with Crippen molar-refractivity contribution in [2.24, 2.45) is 5.41 Å². The van der Waals surface area contributed by atoms with Crippen LogP contribution in [-0.4, -0.2) is 91.2 Å². The largest absolute Gasteiger partial charge is 0.408 e. The Balaban J connectivity index is 1.46. The van der Waals surface area contributed by atoms with Crippen molar-refractivity contribution in [1.29, 1.82) is 0 Å². The quantitative estimate of drug-likeness (QED) is 0.653. The molecule has 2 atom stereocenters. The summed E-state index contributed by atoms with van der Waals surface area (Å²) in [6, 6.07) is -0.592. The summed E-state index contributed by atoms with van der Waals surface area (Å²) in [5.74, 6) is -0.188. The highest BCUT2D eigenvalue weighted by atomic mass is 19.4. The molecule has 0 bridgehead atoms. The number of likely N-dealkylation sites (tertiary alicyclic amines) is 1. The summed E-state index contributed by atoms with van der Waals surface area (Å²) in [5, 5.41) is 0. The minimum absolute atomic E-state index is 0.0340. The van der Waals surface area contributed by atoms with Gasteiger partial charge in [-0.3, -0.25) is 14.2 Å². The molecule has 32 heavy (non-hydrogen) atoms. The fraction of sp³-hybridized carbons (Fsp3) is 0.750. The van der Waals surface area contributed by atoms with Crippen LogP contribution in [0.25, 0.3) is 0 Å². The summed E-state index contributed by atoms with van der Waals surface area (Å²) in [6.45, 7) is 4.82. The monoisotopic (exact) mass is 457 g/mol. The number of anilines is 2. The van der Waals surface area contributed by atoms with Gasteiger partial charge in [0.2, 0.25) is 11.9 Å². The van der Waals surface area contributed by atoms with Crippen molar-refractivity contribution in [3.8, 4) is 0 Å². The van der Waals surface area contributed by atoms with E-state index in [1.807, 2.05) is 11.8 Å².